The third kappa shape index (κ3) is 3.23. The molecule has 0 spiro atoms. The second-order valence-corrected chi connectivity index (χ2v) is 5.81. The number of anilines is 2. The second-order valence-electron chi connectivity index (χ2n) is 5.37. The fourth-order valence-electron chi connectivity index (χ4n) is 2.59. The summed E-state index contributed by atoms with van der Waals surface area (Å²) < 4.78 is 0. The Hall–Kier alpha value is -2.05. The van der Waals surface area contributed by atoms with Crippen LogP contribution in [0.15, 0.2) is 35.5 Å². The highest BCUT2D eigenvalue weighted by atomic mass is 35.5. The number of carbonyl (C=O) groups excluding carboxylic acids is 1. The molecule has 3 N–H and O–H groups in total. The van der Waals surface area contributed by atoms with Crippen LogP contribution in [0.1, 0.15) is 6.42 Å². The van der Waals surface area contributed by atoms with E-state index in [2.05, 4.69) is 15.2 Å². The van der Waals surface area contributed by atoms with Crippen LogP contribution in [0.25, 0.3) is 0 Å². The van der Waals surface area contributed by atoms with E-state index in [0.29, 0.717) is 17.4 Å². The zero-order valence-corrected chi connectivity index (χ0v) is 12.8. The highest BCUT2D eigenvalue weighted by Gasteiger charge is 2.23. The molecule has 1 aromatic carbocycles. The molecule has 1 saturated heterocycles. The Morgan fingerprint density at radius 3 is 3.00 bits per heavy atom. The fourth-order valence-corrected chi connectivity index (χ4v) is 2.77. The summed E-state index contributed by atoms with van der Waals surface area (Å²) in [6, 6.07) is 5.43. The molecular weight excluding hydrogens is 302 g/mol. The fraction of sp³-hybridized carbons (Fsp3) is 0.333. The standard InChI is InChI=1S/C15H18ClN5O/c16-11-2-3-14(20-7-4-12(17)9-20)13(8-11)19-15(22)21-6-1-5-18-10-21/h1-3,5-6,8,12H,4,7,9-10,17H2,(H,19,22). The number of rotatable bonds is 2. The number of hydrogen-bond acceptors (Lipinski definition) is 4. The summed E-state index contributed by atoms with van der Waals surface area (Å²) in [5, 5.41) is 3.49. The van der Waals surface area contributed by atoms with Gasteiger partial charge < -0.3 is 16.0 Å². The van der Waals surface area contributed by atoms with Crippen molar-refractivity contribution >= 4 is 35.2 Å². The topological polar surface area (TPSA) is 74.0 Å². The van der Waals surface area contributed by atoms with Crippen LogP contribution in [-0.2, 0) is 0 Å². The molecule has 0 bridgehead atoms. The van der Waals surface area contributed by atoms with Gasteiger partial charge in [0, 0.05) is 36.6 Å². The molecule has 1 unspecified atom stereocenters. The van der Waals surface area contributed by atoms with Crippen molar-refractivity contribution in [2.75, 3.05) is 30.0 Å². The number of halogens is 1. The molecule has 116 valence electrons. The summed E-state index contributed by atoms with van der Waals surface area (Å²) >= 11 is 6.08. The largest absolute Gasteiger partial charge is 0.368 e. The highest BCUT2D eigenvalue weighted by Crippen LogP contribution is 2.31. The number of carbonyl (C=O) groups is 1. The van der Waals surface area contributed by atoms with Gasteiger partial charge in [-0.3, -0.25) is 9.89 Å². The van der Waals surface area contributed by atoms with Gasteiger partial charge in [0.1, 0.15) is 6.67 Å². The molecule has 7 heteroatoms. The zero-order chi connectivity index (χ0) is 15.5. The Bertz CT molecular complexity index is 630. The third-order valence-electron chi connectivity index (χ3n) is 3.72. The highest BCUT2D eigenvalue weighted by molar-refractivity contribution is 6.31. The van der Waals surface area contributed by atoms with Crippen molar-refractivity contribution < 1.29 is 4.79 Å². The van der Waals surface area contributed by atoms with Gasteiger partial charge in [0.2, 0.25) is 0 Å². The number of nitrogens with one attached hydrogen (secondary N) is 1. The van der Waals surface area contributed by atoms with Crippen LogP contribution in [-0.4, -0.2) is 42.9 Å². The van der Waals surface area contributed by atoms with Gasteiger partial charge in [-0.1, -0.05) is 11.6 Å². The minimum absolute atomic E-state index is 0.165. The molecule has 2 heterocycles. The number of benzene rings is 1. The summed E-state index contributed by atoms with van der Waals surface area (Å²) in [4.78, 5) is 20.0. The van der Waals surface area contributed by atoms with E-state index in [-0.39, 0.29) is 12.1 Å². The summed E-state index contributed by atoms with van der Waals surface area (Å²) in [5.74, 6) is 0. The Kier molecular flexibility index (Phi) is 4.31. The van der Waals surface area contributed by atoms with E-state index >= 15 is 0 Å². The first-order valence-corrected chi connectivity index (χ1v) is 7.55. The molecule has 0 saturated carbocycles. The molecule has 3 rings (SSSR count). The number of aliphatic imine (C=N–C) groups is 1. The molecule has 2 aliphatic rings. The zero-order valence-electron chi connectivity index (χ0n) is 12.1. The van der Waals surface area contributed by atoms with Crippen molar-refractivity contribution in [1.82, 2.24) is 4.90 Å². The Balaban J connectivity index is 1.80. The minimum atomic E-state index is -0.236. The normalized spacial score (nSPS) is 20.5. The quantitative estimate of drug-likeness (QED) is 0.878. The molecule has 6 nitrogen and oxygen atoms in total. The number of nitrogens with zero attached hydrogens (tertiary/aromatic N) is 3. The minimum Gasteiger partial charge on any atom is -0.368 e. The van der Waals surface area contributed by atoms with Crippen molar-refractivity contribution in [3.05, 3.63) is 35.5 Å². The van der Waals surface area contributed by atoms with Gasteiger partial charge in [-0.25, -0.2) is 4.79 Å². The summed E-state index contributed by atoms with van der Waals surface area (Å²) in [6.45, 7) is 1.96. The monoisotopic (exact) mass is 319 g/mol. The maximum atomic E-state index is 12.3. The van der Waals surface area contributed by atoms with Gasteiger partial charge in [-0.2, -0.15) is 0 Å². The van der Waals surface area contributed by atoms with E-state index in [9.17, 15) is 4.79 Å². The predicted molar refractivity (Wildman–Crippen MR) is 89.6 cm³/mol. The van der Waals surface area contributed by atoms with Crippen LogP contribution in [0.2, 0.25) is 5.02 Å². The van der Waals surface area contributed by atoms with Crippen molar-refractivity contribution in [1.29, 1.82) is 0 Å². The molecule has 0 aliphatic carbocycles. The second kappa shape index (κ2) is 6.37. The molecule has 2 amide bonds. The van der Waals surface area contributed by atoms with Crippen LogP contribution in [0.4, 0.5) is 16.2 Å². The Morgan fingerprint density at radius 1 is 1.45 bits per heavy atom. The predicted octanol–water partition coefficient (Wildman–Crippen LogP) is 2.27. The summed E-state index contributed by atoms with van der Waals surface area (Å²) in [6.07, 6.45) is 6.03. The van der Waals surface area contributed by atoms with Crippen molar-refractivity contribution in [2.45, 2.75) is 12.5 Å². The smallest absolute Gasteiger partial charge is 0.327 e. The number of hydrogen-bond donors (Lipinski definition) is 2. The number of urea groups is 1. The molecule has 0 radical (unpaired) electrons. The van der Waals surface area contributed by atoms with Gasteiger partial charge in [-0.15, -0.1) is 0 Å². The van der Waals surface area contributed by atoms with E-state index < -0.39 is 0 Å². The molecule has 1 atom stereocenters. The summed E-state index contributed by atoms with van der Waals surface area (Å²) in [5.41, 5.74) is 7.60. The third-order valence-corrected chi connectivity index (χ3v) is 3.95. The molecule has 2 aliphatic heterocycles. The van der Waals surface area contributed by atoms with Crippen LogP contribution < -0.4 is 16.0 Å². The van der Waals surface area contributed by atoms with Crippen LogP contribution >= 0.6 is 11.6 Å². The Labute approximate surface area is 134 Å². The van der Waals surface area contributed by atoms with Gasteiger partial charge in [0.25, 0.3) is 0 Å². The first-order valence-electron chi connectivity index (χ1n) is 7.18. The lowest BCUT2D eigenvalue weighted by molar-refractivity contribution is 0.229. The van der Waals surface area contributed by atoms with Crippen molar-refractivity contribution in [3.63, 3.8) is 0 Å². The molecular formula is C15H18ClN5O. The Morgan fingerprint density at radius 2 is 2.32 bits per heavy atom. The number of allylic oxidation sites excluding steroid dienone is 1. The van der Waals surface area contributed by atoms with E-state index in [1.54, 1.807) is 24.6 Å². The SMILES string of the molecule is NC1CCN(c2ccc(Cl)cc2NC(=O)N2C=CC=NC2)C1. The first kappa shape index (κ1) is 14.9. The van der Waals surface area contributed by atoms with E-state index in [4.69, 9.17) is 17.3 Å². The lowest BCUT2D eigenvalue weighted by Gasteiger charge is -2.24. The molecule has 1 aromatic rings. The van der Waals surface area contributed by atoms with Gasteiger partial charge in [-0.05, 0) is 30.7 Å². The van der Waals surface area contributed by atoms with Crippen LogP contribution in [0.5, 0.6) is 0 Å². The van der Waals surface area contributed by atoms with Crippen LogP contribution in [0.3, 0.4) is 0 Å². The van der Waals surface area contributed by atoms with Crippen molar-refractivity contribution in [3.8, 4) is 0 Å². The lowest BCUT2D eigenvalue weighted by Crippen LogP contribution is -2.33. The maximum absolute atomic E-state index is 12.3. The summed E-state index contributed by atoms with van der Waals surface area (Å²) in [7, 11) is 0. The van der Waals surface area contributed by atoms with E-state index in [0.717, 1.165) is 25.2 Å². The lowest BCUT2D eigenvalue weighted by atomic mass is 10.2. The average Bonchev–Trinajstić information content (AvgIpc) is 2.94. The average molecular weight is 320 g/mol. The number of amides is 2. The first-order chi connectivity index (χ1) is 10.6. The van der Waals surface area contributed by atoms with Gasteiger partial charge in [0.05, 0.1) is 11.4 Å². The number of nitrogens with two attached hydrogens (primary N) is 1. The molecule has 1 fully saturated rings. The van der Waals surface area contributed by atoms with Gasteiger partial charge >= 0.3 is 6.03 Å². The van der Waals surface area contributed by atoms with E-state index in [1.165, 1.54) is 4.90 Å². The van der Waals surface area contributed by atoms with Gasteiger partial charge in [0.15, 0.2) is 0 Å². The molecule has 0 aromatic heterocycles. The molecule has 22 heavy (non-hydrogen) atoms. The van der Waals surface area contributed by atoms with Crippen LogP contribution in [0, 0.1) is 0 Å². The maximum Gasteiger partial charge on any atom is 0.327 e. The van der Waals surface area contributed by atoms with E-state index in [1.807, 2.05) is 12.1 Å². The van der Waals surface area contributed by atoms with Crippen molar-refractivity contribution in [2.24, 2.45) is 10.7 Å².